The van der Waals surface area contributed by atoms with Gasteiger partial charge < -0.3 is 9.63 Å². The fourth-order valence-corrected chi connectivity index (χ4v) is 3.17. The van der Waals surface area contributed by atoms with Crippen LogP contribution < -0.4 is 0 Å². The maximum atomic E-state index is 13.1. The molecular formula is C17H18F3NO5S. The Bertz CT molecular complexity index is 880. The number of aliphatic hydroxyl groups is 1. The van der Waals surface area contributed by atoms with Crippen LogP contribution in [0.15, 0.2) is 34.9 Å². The van der Waals surface area contributed by atoms with E-state index in [1.807, 2.05) is 0 Å². The van der Waals surface area contributed by atoms with E-state index in [1.54, 1.807) is 0 Å². The number of alkyl halides is 3. The molecule has 0 spiro atoms. The predicted octanol–water partition coefficient (Wildman–Crippen LogP) is 2.73. The zero-order valence-corrected chi connectivity index (χ0v) is 15.1. The fourth-order valence-electron chi connectivity index (χ4n) is 2.50. The molecule has 1 aromatic heterocycles. The Morgan fingerprint density at radius 1 is 1.26 bits per heavy atom. The van der Waals surface area contributed by atoms with Gasteiger partial charge in [-0.1, -0.05) is 29.4 Å². The van der Waals surface area contributed by atoms with Crippen LogP contribution in [0.2, 0.25) is 0 Å². The average molecular weight is 405 g/mol. The summed E-state index contributed by atoms with van der Waals surface area (Å²) < 4.78 is 65.3. The summed E-state index contributed by atoms with van der Waals surface area (Å²) in [6.45, 7) is -1.13. The summed E-state index contributed by atoms with van der Waals surface area (Å²) in [6, 6.07) is 7.38. The average Bonchev–Trinajstić information content (AvgIpc) is 3.05. The highest BCUT2D eigenvalue weighted by atomic mass is 32.2. The standard InChI is InChI=1S/C17H18F3NO5S/c1-27(24,25)9-13-7-15(26-21-13)10-2-4-11(5-3-10)16(23)12(8-18)6-14(22)17(19)20/h2-5,7,12,16-17,23H,6,8-9H2,1H3/t12-,16-/m1/s1. The van der Waals surface area contributed by atoms with Crippen molar-refractivity contribution < 1.29 is 36.0 Å². The number of Topliss-reactive ketones (excluding diaryl/α,β-unsaturated/α-hetero) is 1. The van der Waals surface area contributed by atoms with Gasteiger partial charge in [0.05, 0.1) is 24.2 Å². The molecule has 2 rings (SSSR count). The zero-order valence-electron chi connectivity index (χ0n) is 14.3. The van der Waals surface area contributed by atoms with E-state index in [0.29, 0.717) is 11.3 Å². The van der Waals surface area contributed by atoms with Crippen LogP contribution in [-0.2, 0) is 20.4 Å². The van der Waals surface area contributed by atoms with E-state index >= 15 is 0 Å². The molecular weight excluding hydrogens is 387 g/mol. The molecule has 1 heterocycles. The van der Waals surface area contributed by atoms with Gasteiger partial charge in [0.2, 0.25) is 0 Å². The first-order valence-electron chi connectivity index (χ1n) is 7.89. The molecule has 0 fully saturated rings. The number of halogens is 3. The summed E-state index contributed by atoms with van der Waals surface area (Å²) in [4.78, 5) is 11.1. The van der Waals surface area contributed by atoms with Crippen molar-refractivity contribution in [2.45, 2.75) is 24.7 Å². The summed E-state index contributed by atoms with van der Waals surface area (Å²) in [7, 11) is -3.26. The highest BCUT2D eigenvalue weighted by Gasteiger charge is 2.27. The molecule has 0 amide bonds. The van der Waals surface area contributed by atoms with Crippen molar-refractivity contribution in [1.82, 2.24) is 5.16 Å². The molecule has 1 N–H and O–H groups in total. The highest BCUT2D eigenvalue weighted by molar-refractivity contribution is 7.89. The van der Waals surface area contributed by atoms with Crippen molar-refractivity contribution in [2.24, 2.45) is 5.92 Å². The van der Waals surface area contributed by atoms with Crippen molar-refractivity contribution in [1.29, 1.82) is 0 Å². The van der Waals surface area contributed by atoms with Gasteiger partial charge in [0.25, 0.3) is 6.43 Å². The summed E-state index contributed by atoms with van der Waals surface area (Å²) in [5.41, 5.74) is 1.01. The summed E-state index contributed by atoms with van der Waals surface area (Å²) in [6.07, 6.45) is -4.34. The maximum absolute atomic E-state index is 13.1. The third kappa shape index (κ3) is 5.90. The minimum absolute atomic E-state index is 0.236. The Labute approximate surface area is 153 Å². The Kier molecular flexibility index (Phi) is 6.77. The number of sulfone groups is 1. The number of carbonyl (C=O) groups excluding carboxylic acids is 1. The maximum Gasteiger partial charge on any atom is 0.295 e. The molecule has 2 aromatic rings. The first-order valence-corrected chi connectivity index (χ1v) is 9.95. The van der Waals surface area contributed by atoms with Crippen molar-refractivity contribution >= 4 is 15.6 Å². The monoisotopic (exact) mass is 405 g/mol. The van der Waals surface area contributed by atoms with Crippen LogP contribution in [-0.4, -0.2) is 43.8 Å². The Balaban J connectivity index is 2.13. The van der Waals surface area contributed by atoms with Gasteiger partial charge in [-0.25, -0.2) is 17.2 Å². The highest BCUT2D eigenvalue weighted by Crippen LogP contribution is 2.29. The molecule has 27 heavy (non-hydrogen) atoms. The van der Waals surface area contributed by atoms with E-state index in [2.05, 4.69) is 5.16 Å². The third-order valence-corrected chi connectivity index (χ3v) is 4.68. The Hall–Kier alpha value is -2.20. The van der Waals surface area contributed by atoms with E-state index < -0.39 is 47.2 Å². The van der Waals surface area contributed by atoms with Crippen LogP contribution in [0.1, 0.15) is 23.8 Å². The number of carbonyl (C=O) groups is 1. The van der Waals surface area contributed by atoms with Gasteiger partial charge in [-0.2, -0.15) is 0 Å². The number of hydrogen-bond donors (Lipinski definition) is 1. The van der Waals surface area contributed by atoms with Crippen LogP contribution in [0, 0.1) is 5.92 Å². The second-order valence-corrected chi connectivity index (χ2v) is 8.35. The molecule has 0 aliphatic carbocycles. The van der Waals surface area contributed by atoms with E-state index in [1.165, 1.54) is 30.3 Å². The number of hydrogen-bond acceptors (Lipinski definition) is 6. The van der Waals surface area contributed by atoms with Crippen LogP contribution in [0.3, 0.4) is 0 Å². The second-order valence-electron chi connectivity index (χ2n) is 6.20. The number of aliphatic hydroxyl groups excluding tert-OH is 1. The summed E-state index contributed by atoms with van der Waals surface area (Å²) >= 11 is 0. The van der Waals surface area contributed by atoms with Crippen LogP contribution in [0.4, 0.5) is 13.2 Å². The minimum atomic E-state index is -3.26. The Morgan fingerprint density at radius 3 is 2.41 bits per heavy atom. The topological polar surface area (TPSA) is 97.5 Å². The second kappa shape index (κ2) is 8.66. The lowest BCUT2D eigenvalue weighted by molar-refractivity contribution is -0.131. The van der Waals surface area contributed by atoms with Crippen LogP contribution >= 0.6 is 0 Å². The SMILES string of the molecule is CS(=O)(=O)Cc1cc(-c2ccc([C@@H](O)[C@@H](CF)CC(=O)C(F)F)cc2)on1. The van der Waals surface area contributed by atoms with Gasteiger partial charge in [-0.05, 0) is 5.56 Å². The molecule has 0 saturated heterocycles. The number of aromatic nitrogens is 1. The van der Waals surface area contributed by atoms with Gasteiger partial charge in [-0.15, -0.1) is 0 Å². The third-order valence-electron chi connectivity index (χ3n) is 3.86. The lowest BCUT2D eigenvalue weighted by atomic mass is 9.91. The van der Waals surface area contributed by atoms with E-state index in [4.69, 9.17) is 4.52 Å². The normalized spacial score (nSPS) is 14.3. The first kappa shape index (κ1) is 21.1. The quantitative estimate of drug-likeness (QED) is 0.689. The van der Waals surface area contributed by atoms with Gasteiger partial charge in [0.15, 0.2) is 21.4 Å². The molecule has 2 atom stereocenters. The van der Waals surface area contributed by atoms with Crippen LogP contribution in [0.5, 0.6) is 0 Å². The molecule has 0 aliphatic rings. The van der Waals surface area contributed by atoms with Crippen molar-refractivity contribution in [2.75, 3.05) is 12.9 Å². The molecule has 10 heteroatoms. The molecule has 148 valence electrons. The van der Waals surface area contributed by atoms with Gasteiger partial charge >= 0.3 is 0 Å². The minimum Gasteiger partial charge on any atom is -0.388 e. The van der Waals surface area contributed by atoms with Gasteiger partial charge in [0.1, 0.15) is 0 Å². The van der Waals surface area contributed by atoms with E-state index in [9.17, 15) is 31.5 Å². The zero-order chi connectivity index (χ0) is 20.2. The molecule has 0 bridgehead atoms. The van der Waals surface area contributed by atoms with E-state index in [-0.39, 0.29) is 17.0 Å². The number of ketones is 1. The molecule has 0 aliphatic heterocycles. The van der Waals surface area contributed by atoms with Crippen molar-refractivity contribution in [3.8, 4) is 11.3 Å². The number of nitrogens with zero attached hydrogens (tertiary/aromatic N) is 1. The van der Waals surface area contributed by atoms with Gasteiger partial charge in [0, 0.05) is 30.2 Å². The molecule has 0 unspecified atom stereocenters. The predicted molar refractivity (Wildman–Crippen MR) is 90.5 cm³/mol. The van der Waals surface area contributed by atoms with Crippen LogP contribution in [0.25, 0.3) is 11.3 Å². The summed E-state index contributed by atoms with van der Waals surface area (Å²) in [5, 5.41) is 13.8. The summed E-state index contributed by atoms with van der Waals surface area (Å²) in [5.74, 6) is -2.68. The fraction of sp³-hybridized carbons (Fsp3) is 0.412. The number of rotatable bonds is 9. The lowest BCUT2D eigenvalue weighted by Gasteiger charge is -2.20. The molecule has 6 nitrogen and oxygen atoms in total. The van der Waals surface area contributed by atoms with E-state index in [0.717, 1.165) is 6.26 Å². The lowest BCUT2D eigenvalue weighted by Crippen LogP contribution is -2.22. The molecule has 1 aromatic carbocycles. The largest absolute Gasteiger partial charge is 0.388 e. The smallest absolute Gasteiger partial charge is 0.295 e. The van der Waals surface area contributed by atoms with Gasteiger partial charge in [-0.3, -0.25) is 9.18 Å². The molecule has 0 saturated carbocycles. The first-order chi connectivity index (χ1) is 12.6. The van der Waals surface area contributed by atoms with Crippen molar-refractivity contribution in [3.05, 3.63) is 41.6 Å². The number of benzene rings is 1. The van der Waals surface area contributed by atoms with Crippen molar-refractivity contribution in [3.63, 3.8) is 0 Å². The molecule has 0 radical (unpaired) electrons. The Morgan fingerprint density at radius 2 is 1.89 bits per heavy atom.